The summed E-state index contributed by atoms with van der Waals surface area (Å²) < 4.78 is 73.7. The van der Waals surface area contributed by atoms with Crippen LogP contribution < -0.4 is 0 Å². The molecule has 0 aromatic rings. The molecule has 19 unspecified atom stereocenters. The molecule has 10 N–H and O–H groups in total. The van der Waals surface area contributed by atoms with E-state index >= 15 is 0 Å². The van der Waals surface area contributed by atoms with Gasteiger partial charge in [-0.15, -0.1) is 0 Å². The highest BCUT2D eigenvalue weighted by molar-refractivity contribution is 7.47. The molecular weight excluding hydrogens is 1580 g/mol. The second-order valence-electron chi connectivity index (χ2n) is 35.9. The number of hydrogen-bond donors (Lipinski definition) is 10. The first-order valence-electron chi connectivity index (χ1n) is 49.8. The summed E-state index contributed by atoms with van der Waals surface area (Å²) in [5.74, 6) is -2.26. The second-order valence-corrected chi connectivity index (χ2v) is 37.3. The van der Waals surface area contributed by atoms with Crippen LogP contribution in [0, 0.1) is 5.92 Å². The molecule has 25 nitrogen and oxygen atoms in total. The Balaban J connectivity index is 1.90. The molecule has 0 aromatic carbocycles. The van der Waals surface area contributed by atoms with Crippen LogP contribution in [0.15, 0.2) is 12.2 Å². The van der Waals surface area contributed by atoms with Crippen molar-refractivity contribution in [2.75, 3.05) is 26.4 Å². The number of carbonyl (C=O) groups is 4. The normalized spacial score (nSPS) is 24.8. The molecule has 2 aliphatic heterocycles. The van der Waals surface area contributed by atoms with Gasteiger partial charge in [-0.3, -0.25) is 28.2 Å². The number of phosphoric ester groups is 1. The Labute approximate surface area is 737 Å². The lowest BCUT2D eigenvalue weighted by atomic mass is 9.84. The van der Waals surface area contributed by atoms with E-state index in [1.54, 1.807) is 0 Å². The van der Waals surface area contributed by atoms with Crippen LogP contribution in [0.3, 0.4) is 0 Å². The molecule has 3 aliphatic rings. The lowest BCUT2D eigenvalue weighted by Gasteiger charge is -2.50. The van der Waals surface area contributed by atoms with Crippen LogP contribution in [0.1, 0.15) is 439 Å². The number of rotatable bonds is 81. The summed E-state index contributed by atoms with van der Waals surface area (Å²) in [5.41, 5.74) is 0. The number of phosphoric acid groups is 1. The summed E-state index contributed by atoms with van der Waals surface area (Å²) >= 11 is 0. The molecule has 718 valence electrons. The highest BCUT2D eigenvalue weighted by Gasteiger charge is 2.60. The van der Waals surface area contributed by atoms with Crippen LogP contribution in [0.5, 0.6) is 0 Å². The Morgan fingerprint density at radius 3 is 1.07 bits per heavy atom. The topological polar surface area (TPSA) is 380 Å². The SMILES string of the molecule is CCCCCC/C=C\CCCCCCCCCC(=O)OC1C(O)C(O)C(OC2OC(CO)C(O)C(O)C2O)C(OP(=O)(O)OCC(COC(=O)CCCCCCCCCCCCCCCCCC)OC(=O)CCCCCCCCCCCCCCCCCC)C1OC1OC(COC(=O)CCCCCCCCC(C)CCCCCCCC)C(O)C(O)C1O. The third-order valence-corrected chi connectivity index (χ3v) is 25.7. The van der Waals surface area contributed by atoms with Crippen LogP contribution in [0.25, 0.3) is 0 Å². The number of aliphatic hydroxyl groups excluding tert-OH is 9. The standard InChI is InChI=1S/C96H179O25P/c1-6-10-14-18-22-25-28-31-34-37-39-42-45-48-55-61-67-79(98)112-72-76(115-81(100)69-63-57-49-46-43-41-38-35-32-29-26-23-19-15-11-7-2)73-114-122(110,111)121-94-92(119-95-89(108)85(104)83(102)77(71-97)116-95)88(107)87(106)91(118-82(101)70-64-58-50-47-44-40-36-33-30-27-24-20-16-12-8-3)93(94)120-96-90(109)86(105)84(103)78(117-96)74-113-80(99)68-62-56-52-51-54-60-66-75(5)65-59-53-21-17-13-9-4/h27,30,75-78,83-97,102-109H,6-26,28-29,31-74H2,1-5H3,(H,110,111)/b30-27-. The Kier molecular flexibility index (Phi) is 68.7. The third kappa shape index (κ3) is 53.4. The molecule has 122 heavy (non-hydrogen) atoms. The van der Waals surface area contributed by atoms with Gasteiger partial charge in [-0.25, -0.2) is 4.57 Å². The fourth-order valence-electron chi connectivity index (χ4n) is 16.7. The predicted molar refractivity (Wildman–Crippen MR) is 476 cm³/mol. The summed E-state index contributed by atoms with van der Waals surface area (Å²) in [7, 11) is -5.81. The van der Waals surface area contributed by atoms with Gasteiger partial charge < -0.3 is 88.7 Å². The molecule has 0 radical (unpaired) electrons. The number of unbranched alkanes of at least 4 members (excludes halogenated alkanes) is 51. The summed E-state index contributed by atoms with van der Waals surface area (Å²) in [6, 6.07) is 0. The van der Waals surface area contributed by atoms with Gasteiger partial charge in [-0.1, -0.05) is 374 Å². The number of aliphatic hydroxyl groups is 9. The van der Waals surface area contributed by atoms with E-state index in [-0.39, 0.29) is 25.7 Å². The zero-order valence-electron chi connectivity index (χ0n) is 77.0. The smallest absolute Gasteiger partial charge is 0.463 e. The van der Waals surface area contributed by atoms with E-state index in [1.807, 2.05) is 0 Å². The van der Waals surface area contributed by atoms with Gasteiger partial charge in [0.15, 0.2) is 24.8 Å². The molecule has 19 atom stereocenters. The summed E-state index contributed by atoms with van der Waals surface area (Å²) in [4.78, 5) is 66.7. The number of carbonyl (C=O) groups excluding carboxylic acids is 4. The van der Waals surface area contributed by atoms with Gasteiger partial charge in [0.25, 0.3) is 0 Å². The lowest BCUT2D eigenvalue weighted by molar-refractivity contribution is -0.360. The van der Waals surface area contributed by atoms with Crippen molar-refractivity contribution in [3.05, 3.63) is 12.2 Å². The Morgan fingerprint density at radius 1 is 0.344 bits per heavy atom. The van der Waals surface area contributed by atoms with Gasteiger partial charge in [0.05, 0.1) is 13.2 Å². The quantitative estimate of drug-likeness (QED) is 0.00889. The summed E-state index contributed by atoms with van der Waals surface area (Å²) in [6.45, 7) is 7.97. The molecule has 0 spiro atoms. The van der Waals surface area contributed by atoms with Crippen molar-refractivity contribution in [1.29, 1.82) is 0 Å². The van der Waals surface area contributed by atoms with Crippen LogP contribution in [0.4, 0.5) is 0 Å². The maximum absolute atomic E-state index is 14.9. The first-order valence-corrected chi connectivity index (χ1v) is 51.3. The van der Waals surface area contributed by atoms with E-state index < -0.39 is 162 Å². The second kappa shape index (κ2) is 73.9. The van der Waals surface area contributed by atoms with E-state index in [9.17, 15) is 74.6 Å². The van der Waals surface area contributed by atoms with E-state index in [1.165, 1.54) is 205 Å². The average Bonchev–Trinajstić information content (AvgIpc) is 0.754. The van der Waals surface area contributed by atoms with Gasteiger partial charge in [-0.05, 0) is 57.3 Å². The maximum Gasteiger partial charge on any atom is 0.472 e. The molecule has 26 heteroatoms. The van der Waals surface area contributed by atoms with Gasteiger partial charge in [-0.2, -0.15) is 0 Å². The monoisotopic (exact) mass is 1760 g/mol. The molecule has 0 amide bonds. The largest absolute Gasteiger partial charge is 0.472 e. The maximum atomic E-state index is 14.9. The van der Waals surface area contributed by atoms with E-state index in [0.717, 1.165) is 141 Å². The number of hydrogen-bond acceptors (Lipinski definition) is 24. The van der Waals surface area contributed by atoms with Crippen molar-refractivity contribution in [1.82, 2.24) is 0 Å². The third-order valence-electron chi connectivity index (χ3n) is 24.7. The van der Waals surface area contributed by atoms with E-state index in [0.29, 0.717) is 38.0 Å². The highest BCUT2D eigenvalue weighted by atomic mass is 31.2. The Hall–Kier alpha value is -2.79. The van der Waals surface area contributed by atoms with Gasteiger partial charge in [0.1, 0.15) is 92.6 Å². The van der Waals surface area contributed by atoms with Gasteiger partial charge in [0.2, 0.25) is 0 Å². The Morgan fingerprint density at radius 2 is 0.664 bits per heavy atom. The minimum absolute atomic E-state index is 0.0155. The summed E-state index contributed by atoms with van der Waals surface area (Å²) in [6.07, 6.45) is 33.2. The number of allylic oxidation sites excluding steroid dienone is 2. The van der Waals surface area contributed by atoms with Crippen molar-refractivity contribution in [3.63, 3.8) is 0 Å². The van der Waals surface area contributed by atoms with Crippen molar-refractivity contribution in [3.8, 4) is 0 Å². The zero-order chi connectivity index (χ0) is 89.1. The highest BCUT2D eigenvalue weighted by Crippen LogP contribution is 2.49. The molecule has 2 heterocycles. The van der Waals surface area contributed by atoms with Crippen molar-refractivity contribution < 1.29 is 122 Å². The lowest BCUT2D eigenvalue weighted by Crippen LogP contribution is -2.70. The number of ether oxygens (including phenoxy) is 8. The van der Waals surface area contributed by atoms with Crippen molar-refractivity contribution >= 4 is 31.7 Å². The molecule has 0 aromatic heterocycles. The van der Waals surface area contributed by atoms with Crippen molar-refractivity contribution in [2.45, 2.75) is 543 Å². The van der Waals surface area contributed by atoms with Crippen molar-refractivity contribution in [2.24, 2.45) is 5.92 Å². The minimum atomic E-state index is -5.81. The number of esters is 4. The molecule has 3 rings (SSSR count). The molecule has 0 bridgehead atoms. The fraction of sp³-hybridized carbons (Fsp3) is 0.938. The average molecular weight is 1760 g/mol. The molecule has 3 fully saturated rings. The van der Waals surface area contributed by atoms with Crippen LogP contribution in [-0.2, 0) is 70.7 Å². The van der Waals surface area contributed by atoms with E-state index in [4.69, 9.17) is 46.9 Å². The van der Waals surface area contributed by atoms with Crippen LogP contribution in [-0.4, -0.2) is 205 Å². The van der Waals surface area contributed by atoms with Gasteiger partial charge >= 0.3 is 31.7 Å². The van der Waals surface area contributed by atoms with E-state index in [2.05, 4.69) is 46.8 Å². The zero-order valence-corrected chi connectivity index (χ0v) is 77.9. The molecular formula is C96H179O25P. The molecule has 1 aliphatic carbocycles. The van der Waals surface area contributed by atoms with Crippen LogP contribution in [0.2, 0.25) is 0 Å². The predicted octanol–water partition coefficient (Wildman–Crippen LogP) is 19.4. The molecule has 1 saturated carbocycles. The summed E-state index contributed by atoms with van der Waals surface area (Å²) in [5, 5.41) is 103. The molecule has 2 saturated heterocycles. The van der Waals surface area contributed by atoms with Crippen LogP contribution >= 0.6 is 7.82 Å². The fourth-order valence-corrected chi connectivity index (χ4v) is 17.6. The first-order chi connectivity index (χ1) is 59.1. The van der Waals surface area contributed by atoms with Gasteiger partial charge in [0, 0.05) is 25.7 Å². The Bertz CT molecular complexity index is 2590. The first kappa shape index (κ1) is 113. The minimum Gasteiger partial charge on any atom is -0.463 e.